The molecule has 8 nitrogen and oxygen atoms in total. The molecular weight excluding hydrogens is 448 g/mol. The quantitative estimate of drug-likeness (QED) is 0.214. The fourth-order valence-corrected chi connectivity index (χ4v) is 3.56. The second-order valence-electron chi connectivity index (χ2n) is 7.05. The van der Waals surface area contributed by atoms with Gasteiger partial charge in [0.1, 0.15) is 12.4 Å². The summed E-state index contributed by atoms with van der Waals surface area (Å²) in [6.45, 7) is 0.801. The number of nitrogens with zero attached hydrogens (tertiary/aromatic N) is 3. The molecule has 1 amide bonds. The molecule has 0 aliphatic carbocycles. The SMILES string of the molecule is O=C(CSc1nc(Nc2ccccc2)nc(Nc2ccccc2)n1)NCCOc1ccccc1. The van der Waals surface area contributed by atoms with Crippen molar-refractivity contribution >= 4 is 40.9 Å². The monoisotopic (exact) mass is 472 g/mol. The van der Waals surface area contributed by atoms with E-state index < -0.39 is 0 Å². The van der Waals surface area contributed by atoms with Gasteiger partial charge in [0.25, 0.3) is 0 Å². The molecule has 0 spiro atoms. The van der Waals surface area contributed by atoms with Crippen LogP contribution in [0.15, 0.2) is 96.2 Å². The minimum atomic E-state index is -0.128. The number of ether oxygens (including phenoxy) is 1. The van der Waals surface area contributed by atoms with Crippen LogP contribution in [-0.4, -0.2) is 39.8 Å². The Morgan fingerprint density at radius 1 is 0.735 bits per heavy atom. The Balaban J connectivity index is 1.35. The summed E-state index contributed by atoms with van der Waals surface area (Å²) in [4.78, 5) is 25.7. The van der Waals surface area contributed by atoms with E-state index in [0.717, 1.165) is 17.1 Å². The van der Waals surface area contributed by atoms with Crippen molar-refractivity contribution in [3.05, 3.63) is 91.0 Å². The van der Waals surface area contributed by atoms with Gasteiger partial charge >= 0.3 is 0 Å². The van der Waals surface area contributed by atoms with Gasteiger partial charge in [-0.3, -0.25) is 4.79 Å². The van der Waals surface area contributed by atoms with Crippen LogP contribution in [-0.2, 0) is 4.79 Å². The summed E-state index contributed by atoms with van der Waals surface area (Å²) in [7, 11) is 0. The number of carbonyl (C=O) groups is 1. The van der Waals surface area contributed by atoms with Crippen LogP contribution in [0.2, 0.25) is 0 Å². The largest absolute Gasteiger partial charge is 0.492 e. The molecule has 1 heterocycles. The van der Waals surface area contributed by atoms with E-state index in [2.05, 4.69) is 30.9 Å². The van der Waals surface area contributed by atoms with Gasteiger partial charge in [-0.1, -0.05) is 66.4 Å². The Bertz CT molecular complexity index is 1120. The van der Waals surface area contributed by atoms with Crippen LogP contribution >= 0.6 is 11.8 Å². The summed E-state index contributed by atoms with van der Waals surface area (Å²) in [5, 5.41) is 9.64. The molecule has 3 N–H and O–H groups in total. The molecule has 0 aliphatic heterocycles. The Morgan fingerprint density at radius 3 is 1.82 bits per heavy atom. The Hall–Kier alpha value is -4.11. The van der Waals surface area contributed by atoms with Crippen molar-refractivity contribution in [3.63, 3.8) is 0 Å². The normalized spacial score (nSPS) is 10.4. The van der Waals surface area contributed by atoms with Crippen molar-refractivity contribution in [2.45, 2.75) is 5.16 Å². The van der Waals surface area contributed by atoms with E-state index in [0.29, 0.717) is 30.2 Å². The highest BCUT2D eigenvalue weighted by atomic mass is 32.2. The molecule has 9 heteroatoms. The number of nitrogens with one attached hydrogen (secondary N) is 3. The van der Waals surface area contributed by atoms with Gasteiger partial charge in [0, 0.05) is 11.4 Å². The van der Waals surface area contributed by atoms with Crippen molar-refractivity contribution in [2.75, 3.05) is 29.5 Å². The van der Waals surface area contributed by atoms with E-state index in [1.54, 1.807) is 0 Å². The van der Waals surface area contributed by atoms with Crippen LogP contribution in [0.4, 0.5) is 23.3 Å². The van der Waals surface area contributed by atoms with Crippen molar-refractivity contribution < 1.29 is 9.53 Å². The van der Waals surface area contributed by atoms with Gasteiger partial charge in [-0.25, -0.2) is 0 Å². The van der Waals surface area contributed by atoms with E-state index in [-0.39, 0.29) is 11.7 Å². The fourth-order valence-electron chi connectivity index (χ4n) is 2.89. The molecule has 0 saturated heterocycles. The predicted molar refractivity (Wildman–Crippen MR) is 135 cm³/mol. The number of amides is 1. The van der Waals surface area contributed by atoms with Gasteiger partial charge in [0.05, 0.1) is 12.3 Å². The number of carbonyl (C=O) groups excluding carboxylic acids is 1. The van der Waals surface area contributed by atoms with E-state index in [1.807, 2.05) is 91.0 Å². The van der Waals surface area contributed by atoms with Crippen molar-refractivity contribution in [1.82, 2.24) is 20.3 Å². The molecule has 0 bridgehead atoms. The number of thioether (sulfide) groups is 1. The van der Waals surface area contributed by atoms with Crippen LogP contribution < -0.4 is 20.7 Å². The first kappa shape index (κ1) is 23.1. The number of para-hydroxylation sites is 3. The number of benzene rings is 3. The lowest BCUT2D eigenvalue weighted by Gasteiger charge is -2.10. The molecule has 0 radical (unpaired) electrons. The zero-order chi connectivity index (χ0) is 23.4. The van der Waals surface area contributed by atoms with E-state index in [4.69, 9.17) is 4.74 Å². The van der Waals surface area contributed by atoms with Gasteiger partial charge in [0.2, 0.25) is 17.8 Å². The average molecular weight is 473 g/mol. The van der Waals surface area contributed by atoms with E-state index in [1.165, 1.54) is 11.8 Å². The lowest BCUT2D eigenvalue weighted by atomic mass is 10.3. The van der Waals surface area contributed by atoms with Crippen molar-refractivity contribution in [1.29, 1.82) is 0 Å². The van der Waals surface area contributed by atoms with Crippen LogP contribution in [0.1, 0.15) is 0 Å². The molecule has 0 unspecified atom stereocenters. The Kier molecular flexibility index (Phi) is 8.29. The van der Waals surface area contributed by atoms with Gasteiger partial charge in [-0.05, 0) is 36.4 Å². The second kappa shape index (κ2) is 12.2. The smallest absolute Gasteiger partial charge is 0.233 e. The maximum Gasteiger partial charge on any atom is 0.233 e. The van der Waals surface area contributed by atoms with Gasteiger partial charge in [-0.2, -0.15) is 15.0 Å². The number of hydrogen-bond acceptors (Lipinski definition) is 8. The first-order chi connectivity index (χ1) is 16.7. The van der Waals surface area contributed by atoms with E-state index >= 15 is 0 Å². The summed E-state index contributed by atoms with van der Waals surface area (Å²) < 4.78 is 5.59. The summed E-state index contributed by atoms with van der Waals surface area (Å²) in [6.07, 6.45) is 0. The van der Waals surface area contributed by atoms with Gasteiger partial charge in [-0.15, -0.1) is 0 Å². The Morgan fingerprint density at radius 2 is 1.26 bits per heavy atom. The third kappa shape index (κ3) is 7.49. The third-order valence-electron chi connectivity index (χ3n) is 4.44. The topological polar surface area (TPSA) is 101 Å². The fraction of sp³-hybridized carbons (Fsp3) is 0.120. The van der Waals surface area contributed by atoms with Gasteiger partial charge < -0.3 is 20.7 Å². The lowest BCUT2D eigenvalue weighted by molar-refractivity contribution is -0.118. The van der Waals surface area contributed by atoms with Crippen molar-refractivity contribution in [2.24, 2.45) is 0 Å². The lowest BCUT2D eigenvalue weighted by Crippen LogP contribution is -2.29. The Labute approximate surface area is 202 Å². The molecule has 172 valence electrons. The first-order valence-electron chi connectivity index (χ1n) is 10.7. The number of aromatic nitrogens is 3. The van der Waals surface area contributed by atoms with Crippen LogP contribution in [0.25, 0.3) is 0 Å². The summed E-state index contributed by atoms with van der Waals surface area (Å²) in [6, 6.07) is 28.7. The zero-order valence-electron chi connectivity index (χ0n) is 18.3. The molecule has 1 aromatic heterocycles. The minimum absolute atomic E-state index is 0.128. The second-order valence-corrected chi connectivity index (χ2v) is 7.99. The highest BCUT2D eigenvalue weighted by molar-refractivity contribution is 7.99. The highest BCUT2D eigenvalue weighted by Crippen LogP contribution is 2.21. The summed E-state index contributed by atoms with van der Waals surface area (Å²) >= 11 is 1.24. The number of anilines is 4. The maximum absolute atomic E-state index is 12.3. The molecule has 0 fully saturated rings. The highest BCUT2D eigenvalue weighted by Gasteiger charge is 2.11. The maximum atomic E-state index is 12.3. The van der Waals surface area contributed by atoms with Crippen LogP contribution in [0.3, 0.4) is 0 Å². The first-order valence-corrected chi connectivity index (χ1v) is 11.7. The van der Waals surface area contributed by atoms with Crippen molar-refractivity contribution in [3.8, 4) is 5.75 Å². The molecule has 4 rings (SSSR count). The molecule has 0 saturated carbocycles. The standard InChI is InChI=1S/C25H24N6O2S/c32-22(26-16-17-33-21-14-8-3-9-15-21)18-34-25-30-23(27-19-10-4-1-5-11-19)29-24(31-25)28-20-12-6-2-7-13-20/h1-15H,16-18H2,(H,26,32)(H2,27,28,29,30,31). The predicted octanol–water partition coefficient (Wildman–Crippen LogP) is 4.65. The van der Waals surface area contributed by atoms with Gasteiger partial charge in [0.15, 0.2) is 5.16 Å². The summed E-state index contributed by atoms with van der Waals surface area (Å²) in [5.41, 5.74) is 1.71. The molecule has 34 heavy (non-hydrogen) atoms. The zero-order valence-corrected chi connectivity index (χ0v) is 19.2. The molecule has 4 aromatic rings. The summed E-state index contributed by atoms with van der Waals surface area (Å²) in [5.74, 6) is 1.59. The molecule has 3 aromatic carbocycles. The third-order valence-corrected chi connectivity index (χ3v) is 5.29. The van der Waals surface area contributed by atoms with Crippen LogP contribution in [0, 0.1) is 0 Å². The average Bonchev–Trinajstić information content (AvgIpc) is 2.87. The van der Waals surface area contributed by atoms with E-state index in [9.17, 15) is 4.79 Å². The minimum Gasteiger partial charge on any atom is -0.492 e. The number of hydrogen-bond donors (Lipinski definition) is 3. The van der Waals surface area contributed by atoms with Crippen LogP contribution in [0.5, 0.6) is 5.75 Å². The molecule has 0 atom stereocenters. The molecule has 0 aliphatic rings. The number of rotatable bonds is 11. The molecular formula is C25H24N6O2S.